The molecular formula is C14H17N3O3S. The Bertz CT molecular complexity index is 598. The summed E-state index contributed by atoms with van der Waals surface area (Å²) < 4.78 is 5.21. The molecule has 6 nitrogen and oxygen atoms in total. The van der Waals surface area contributed by atoms with Crippen LogP contribution >= 0.6 is 11.8 Å². The molecule has 112 valence electrons. The second-order valence-electron chi connectivity index (χ2n) is 4.67. The van der Waals surface area contributed by atoms with Crippen LogP contribution in [0, 0.1) is 6.92 Å². The average molecular weight is 307 g/mol. The first-order valence-electron chi connectivity index (χ1n) is 6.52. The van der Waals surface area contributed by atoms with Crippen molar-refractivity contribution in [1.29, 1.82) is 0 Å². The number of aliphatic carboxylic acids is 1. The Morgan fingerprint density at radius 3 is 2.81 bits per heavy atom. The Morgan fingerprint density at radius 2 is 2.14 bits per heavy atom. The van der Waals surface area contributed by atoms with E-state index in [0.717, 1.165) is 5.56 Å². The highest BCUT2D eigenvalue weighted by Gasteiger charge is 2.12. The molecule has 0 aliphatic heterocycles. The lowest BCUT2D eigenvalue weighted by molar-refractivity contribution is -0.138. The number of hydrogen-bond donors (Lipinski definition) is 2. The van der Waals surface area contributed by atoms with Crippen LogP contribution in [0.5, 0.6) is 0 Å². The lowest BCUT2D eigenvalue weighted by Crippen LogP contribution is -2.30. The van der Waals surface area contributed by atoms with Gasteiger partial charge in [0.2, 0.25) is 0 Å². The number of carboxylic acid groups (broad SMARTS) is 1. The van der Waals surface area contributed by atoms with Gasteiger partial charge in [0.15, 0.2) is 5.82 Å². The third kappa shape index (κ3) is 4.57. The van der Waals surface area contributed by atoms with Crippen LogP contribution in [-0.4, -0.2) is 33.0 Å². The minimum Gasteiger partial charge on any atom is -0.480 e. The number of carboxylic acids is 1. The fraction of sp³-hybridized carbons (Fsp3) is 0.357. The first-order chi connectivity index (χ1) is 10.1. The summed E-state index contributed by atoms with van der Waals surface area (Å²) in [6, 6.07) is 7.03. The summed E-state index contributed by atoms with van der Waals surface area (Å²) in [5.41, 5.74) is 7.48. The first-order valence-corrected chi connectivity index (χ1v) is 7.67. The maximum Gasteiger partial charge on any atom is 0.320 e. The first kappa shape index (κ1) is 15.5. The number of rotatable bonds is 7. The van der Waals surface area contributed by atoms with Gasteiger partial charge in [-0.15, -0.1) is 0 Å². The van der Waals surface area contributed by atoms with Crippen molar-refractivity contribution in [2.75, 3.05) is 5.75 Å². The van der Waals surface area contributed by atoms with Crippen molar-refractivity contribution in [3.05, 3.63) is 35.7 Å². The second kappa shape index (κ2) is 7.24. The van der Waals surface area contributed by atoms with Gasteiger partial charge in [0.1, 0.15) is 6.04 Å². The number of thioether (sulfide) groups is 1. The molecule has 1 atom stereocenters. The Labute approximate surface area is 126 Å². The van der Waals surface area contributed by atoms with Crippen molar-refractivity contribution in [2.45, 2.75) is 25.1 Å². The topological polar surface area (TPSA) is 102 Å². The van der Waals surface area contributed by atoms with Crippen molar-refractivity contribution in [3.8, 4) is 11.5 Å². The van der Waals surface area contributed by atoms with E-state index in [9.17, 15) is 4.79 Å². The molecular weight excluding hydrogens is 290 g/mol. The fourth-order valence-corrected chi connectivity index (χ4v) is 2.49. The van der Waals surface area contributed by atoms with E-state index in [1.54, 1.807) is 0 Å². The highest BCUT2D eigenvalue weighted by molar-refractivity contribution is 7.98. The van der Waals surface area contributed by atoms with E-state index >= 15 is 0 Å². The minimum atomic E-state index is -0.975. The third-order valence-electron chi connectivity index (χ3n) is 2.89. The summed E-state index contributed by atoms with van der Waals surface area (Å²) in [5, 5.41) is 12.6. The molecule has 0 aliphatic rings. The summed E-state index contributed by atoms with van der Waals surface area (Å²) >= 11 is 1.53. The summed E-state index contributed by atoms with van der Waals surface area (Å²) in [4.78, 5) is 14.9. The van der Waals surface area contributed by atoms with Crippen molar-refractivity contribution in [3.63, 3.8) is 0 Å². The van der Waals surface area contributed by atoms with Gasteiger partial charge in [-0.25, -0.2) is 0 Å². The van der Waals surface area contributed by atoms with Gasteiger partial charge in [0, 0.05) is 5.56 Å². The molecule has 7 heteroatoms. The predicted molar refractivity (Wildman–Crippen MR) is 80.9 cm³/mol. The third-order valence-corrected chi connectivity index (χ3v) is 3.87. The van der Waals surface area contributed by atoms with Crippen molar-refractivity contribution in [1.82, 2.24) is 10.1 Å². The van der Waals surface area contributed by atoms with Crippen LogP contribution in [0.4, 0.5) is 0 Å². The van der Waals surface area contributed by atoms with Crippen LogP contribution in [0.1, 0.15) is 17.8 Å². The number of nitrogens with two attached hydrogens (primary N) is 1. The van der Waals surface area contributed by atoms with Gasteiger partial charge in [-0.1, -0.05) is 22.9 Å². The zero-order valence-corrected chi connectivity index (χ0v) is 12.5. The Balaban J connectivity index is 1.83. The molecule has 0 radical (unpaired) electrons. The molecule has 1 aromatic heterocycles. The van der Waals surface area contributed by atoms with E-state index < -0.39 is 12.0 Å². The maximum atomic E-state index is 10.6. The second-order valence-corrected chi connectivity index (χ2v) is 5.77. The van der Waals surface area contributed by atoms with E-state index in [4.69, 9.17) is 15.4 Å². The molecule has 3 N–H and O–H groups in total. The number of aromatic nitrogens is 2. The van der Waals surface area contributed by atoms with Crippen LogP contribution in [0.3, 0.4) is 0 Å². The van der Waals surface area contributed by atoms with E-state index in [1.807, 2.05) is 31.2 Å². The lowest BCUT2D eigenvalue weighted by atomic mass is 10.1. The molecule has 0 saturated heterocycles. The number of hydrogen-bond acceptors (Lipinski definition) is 6. The molecule has 0 saturated carbocycles. The van der Waals surface area contributed by atoms with Gasteiger partial charge in [-0.3, -0.25) is 4.79 Å². The number of aryl methyl sites for hydroxylation is 1. The number of carbonyl (C=O) groups is 1. The van der Waals surface area contributed by atoms with Crippen LogP contribution in [0.15, 0.2) is 28.8 Å². The SMILES string of the molecule is Cc1ccc(-c2nc(CSCCC(N)C(=O)O)no2)cc1. The fourth-order valence-electron chi connectivity index (χ4n) is 1.62. The standard InChI is InChI=1S/C14H17N3O3S/c1-9-2-4-10(5-3-9)13-16-12(17-20-13)8-21-7-6-11(15)14(18)19/h2-5,11H,6-8,15H2,1H3,(H,18,19). The van der Waals surface area contributed by atoms with Crippen LogP contribution in [-0.2, 0) is 10.5 Å². The predicted octanol–water partition coefficient (Wildman–Crippen LogP) is 2.08. The van der Waals surface area contributed by atoms with E-state index in [2.05, 4.69) is 10.1 Å². The van der Waals surface area contributed by atoms with Crippen LogP contribution < -0.4 is 5.73 Å². The molecule has 1 heterocycles. The Kier molecular flexibility index (Phi) is 5.35. The van der Waals surface area contributed by atoms with E-state index in [-0.39, 0.29) is 0 Å². The Morgan fingerprint density at radius 1 is 1.43 bits per heavy atom. The molecule has 0 fully saturated rings. The van der Waals surface area contributed by atoms with Gasteiger partial charge < -0.3 is 15.4 Å². The van der Waals surface area contributed by atoms with Crippen LogP contribution in [0.25, 0.3) is 11.5 Å². The maximum absolute atomic E-state index is 10.6. The molecule has 0 bridgehead atoms. The monoisotopic (exact) mass is 307 g/mol. The van der Waals surface area contributed by atoms with E-state index in [1.165, 1.54) is 17.3 Å². The summed E-state index contributed by atoms with van der Waals surface area (Å²) in [6.07, 6.45) is 0.419. The van der Waals surface area contributed by atoms with Gasteiger partial charge in [-0.05, 0) is 31.2 Å². The average Bonchev–Trinajstić information content (AvgIpc) is 2.93. The zero-order valence-electron chi connectivity index (χ0n) is 11.7. The number of nitrogens with zero attached hydrogens (tertiary/aromatic N) is 2. The zero-order chi connectivity index (χ0) is 15.2. The molecule has 0 amide bonds. The molecule has 0 spiro atoms. The lowest BCUT2D eigenvalue weighted by Gasteiger charge is -2.04. The molecule has 0 aliphatic carbocycles. The summed E-state index contributed by atoms with van der Waals surface area (Å²) in [7, 11) is 0. The van der Waals surface area contributed by atoms with Gasteiger partial charge in [0.25, 0.3) is 5.89 Å². The smallest absolute Gasteiger partial charge is 0.320 e. The van der Waals surface area contributed by atoms with Crippen molar-refractivity contribution >= 4 is 17.7 Å². The molecule has 2 aromatic rings. The molecule has 2 rings (SSSR count). The Hall–Kier alpha value is -1.86. The molecule has 21 heavy (non-hydrogen) atoms. The number of benzene rings is 1. The summed E-state index contributed by atoms with van der Waals surface area (Å²) in [6.45, 7) is 2.02. The highest BCUT2D eigenvalue weighted by Crippen LogP contribution is 2.19. The van der Waals surface area contributed by atoms with Crippen molar-refractivity contribution < 1.29 is 14.4 Å². The van der Waals surface area contributed by atoms with Gasteiger partial charge >= 0.3 is 5.97 Å². The largest absolute Gasteiger partial charge is 0.480 e. The molecule has 1 aromatic carbocycles. The van der Waals surface area contributed by atoms with Crippen molar-refractivity contribution in [2.24, 2.45) is 5.73 Å². The van der Waals surface area contributed by atoms with Gasteiger partial charge in [0.05, 0.1) is 5.75 Å². The van der Waals surface area contributed by atoms with Gasteiger partial charge in [-0.2, -0.15) is 16.7 Å². The highest BCUT2D eigenvalue weighted by atomic mass is 32.2. The normalized spacial score (nSPS) is 12.3. The van der Waals surface area contributed by atoms with Crippen LogP contribution in [0.2, 0.25) is 0 Å². The molecule has 1 unspecified atom stereocenters. The summed E-state index contributed by atoms with van der Waals surface area (Å²) in [5.74, 6) is 1.33. The quantitative estimate of drug-likeness (QED) is 0.755. The minimum absolute atomic E-state index is 0.419. The van der Waals surface area contributed by atoms with E-state index in [0.29, 0.717) is 29.6 Å².